The molecule has 1 spiro atoms. The lowest BCUT2D eigenvalue weighted by atomic mass is 9.64. The fraction of sp³-hybridized carbons (Fsp3) is 0.205. The number of anilines is 9. The first kappa shape index (κ1) is 55.0. The second-order valence-electron chi connectivity index (χ2n) is 28.6. The quantitative estimate of drug-likeness (QED) is 0.159. The predicted octanol–water partition coefficient (Wildman–Crippen LogP) is 23.8. The van der Waals surface area contributed by atoms with E-state index < -0.39 is 5.41 Å². The van der Waals surface area contributed by atoms with E-state index in [1.54, 1.807) is 0 Å². The van der Waals surface area contributed by atoms with Gasteiger partial charge in [0.05, 0.1) is 33.6 Å². The van der Waals surface area contributed by atoms with Gasteiger partial charge in [0.15, 0.2) is 5.58 Å². The minimum absolute atomic E-state index is 0.0460. The van der Waals surface area contributed by atoms with Gasteiger partial charge in [-0.05, 0) is 163 Å². The summed E-state index contributed by atoms with van der Waals surface area (Å²) in [4.78, 5) is 7.42. The minimum Gasteiger partial charge on any atom is -0.455 e. The molecule has 3 heterocycles. The molecule has 11 aromatic carbocycles. The van der Waals surface area contributed by atoms with Crippen LogP contribution < -0.4 is 14.7 Å². The van der Waals surface area contributed by atoms with E-state index >= 15 is 0 Å². The van der Waals surface area contributed by atoms with Crippen molar-refractivity contribution in [2.45, 2.75) is 110 Å². The van der Waals surface area contributed by atoms with Crippen LogP contribution in [0.15, 0.2) is 245 Å². The summed E-state index contributed by atoms with van der Waals surface area (Å²) in [6.07, 6.45) is 0. The second kappa shape index (κ2) is 19.7. The Kier molecular flexibility index (Phi) is 12.3. The Morgan fingerprint density at radius 1 is 0.318 bits per heavy atom. The lowest BCUT2D eigenvalue weighted by molar-refractivity contribution is 0.590. The standard InChI is InChI=1S/C83H75N3O2/c1-79(2,3)52-34-42-57(43-35-52)84(58-44-36-53(37-45-58)80(4,5)6)69-50-66-76(78-73(69)61-26-16-22-32-71(61)88-78)75-65(83(66)63-28-18-20-30-67(63)86(56-24-14-13-15-25-56)68-31-21-19-29-64(68)83)51-70(77-74(75)62-27-17-23-33-72(62)87-77)85(59-46-38-54(39-47-59)81(7,8)9)60-48-40-55(41-49-60)82(10,11)12/h13-51H,1-12H3. The van der Waals surface area contributed by atoms with Gasteiger partial charge in [-0.2, -0.15) is 0 Å². The van der Waals surface area contributed by atoms with Gasteiger partial charge in [-0.3, -0.25) is 0 Å². The van der Waals surface area contributed by atoms with Crippen molar-refractivity contribution in [1.29, 1.82) is 0 Å². The van der Waals surface area contributed by atoms with Gasteiger partial charge in [0, 0.05) is 55.7 Å². The summed E-state index contributed by atoms with van der Waals surface area (Å²) < 4.78 is 15.2. The van der Waals surface area contributed by atoms with Gasteiger partial charge >= 0.3 is 0 Å². The maximum atomic E-state index is 7.70. The van der Waals surface area contributed by atoms with Crippen LogP contribution in [0.25, 0.3) is 55.0 Å². The summed E-state index contributed by atoms with van der Waals surface area (Å²) >= 11 is 0. The van der Waals surface area contributed by atoms with Crippen molar-refractivity contribution in [2.24, 2.45) is 0 Å². The third kappa shape index (κ3) is 8.48. The third-order valence-electron chi connectivity index (χ3n) is 18.9. The molecule has 0 radical (unpaired) electrons. The van der Waals surface area contributed by atoms with Gasteiger partial charge < -0.3 is 23.5 Å². The Morgan fingerprint density at radius 2 is 0.670 bits per heavy atom. The molecule has 88 heavy (non-hydrogen) atoms. The molecular formula is C83H75N3O2. The van der Waals surface area contributed by atoms with Crippen LogP contribution >= 0.6 is 0 Å². The Morgan fingerprint density at radius 3 is 1.11 bits per heavy atom. The summed E-state index contributed by atoms with van der Waals surface area (Å²) in [5, 5.41) is 4.19. The minimum atomic E-state index is -0.956. The van der Waals surface area contributed by atoms with Crippen LogP contribution in [0.1, 0.15) is 128 Å². The largest absolute Gasteiger partial charge is 0.455 e. The predicted molar refractivity (Wildman–Crippen MR) is 371 cm³/mol. The van der Waals surface area contributed by atoms with Crippen LogP contribution in [0.4, 0.5) is 51.2 Å². The van der Waals surface area contributed by atoms with Crippen molar-refractivity contribution < 1.29 is 8.83 Å². The monoisotopic (exact) mass is 1150 g/mol. The molecule has 0 unspecified atom stereocenters. The number of para-hydroxylation sites is 5. The number of fused-ring (bicyclic) bond motifs is 17. The van der Waals surface area contributed by atoms with Gasteiger partial charge in [-0.1, -0.05) is 223 Å². The van der Waals surface area contributed by atoms with Crippen LogP contribution in [0.3, 0.4) is 0 Å². The van der Waals surface area contributed by atoms with Gasteiger partial charge in [-0.25, -0.2) is 0 Å². The Balaban J connectivity index is 1.14. The number of furan rings is 2. The molecule has 0 N–H and O–H groups in total. The normalized spacial score (nSPS) is 13.8. The zero-order valence-electron chi connectivity index (χ0n) is 52.7. The molecule has 5 heteroatoms. The van der Waals surface area contributed by atoms with E-state index in [2.05, 4.69) is 334 Å². The summed E-state index contributed by atoms with van der Waals surface area (Å²) in [6.45, 7) is 27.5. The molecule has 1 aliphatic carbocycles. The summed E-state index contributed by atoms with van der Waals surface area (Å²) in [5.41, 5.74) is 23.5. The first-order valence-corrected chi connectivity index (χ1v) is 31.2. The third-order valence-corrected chi connectivity index (χ3v) is 18.9. The molecule has 13 aromatic rings. The van der Waals surface area contributed by atoms with E-state index in [0.717, 1.165) is 117 Å². The maximum Gasteiger partial charge on any atom is 0.160 e. The Bertz CT molecular complexity index is 4700. The zero-order chi connectivity index (χ0) is 60.8. The highest BCUT2D eigenvalue weighted by molar-refractivity contribution is 6.26. The van der Waals surface area contributed by atoms with Gasteiger partial charge in [0.2, 0.25) is 0 Å². The van der Waals surface area contributed by atoms with Gasteiger partial charge in [0.1, 0.15) is 16.7 Å². The Labute approximate surface area is 518 Å². The first-order valence-electron chi connectivity index (χ1n) is 31.2. The highest BCUT2D eigenvalue weighted by Crippen LogP contribution is 2.68. The molecule has 1 aliphatic heterocycles. The van der Waals surface area contributed by atoms with E-state index in [0.29, 0.717) is 0 Å². The van der Waals surface area contributed by atoms with E-state index in [4.69, 9.17) is 8.83 Å². The SMILES string of the molecule is CC(C)(C)c1ccc(N(c2ccc(C(C)(C)C)cc2)c2cc3c(c4c2oc2ccccc24)-c2c(cc(N(c4ccc(C(C)(C)C)cc4)c4ccc(C(C)(C)C)cc4)c4c2oc2ccccc24)C32c3ccccc3N(c3ccccc3)c3ccccc32)cc1. The van der Waals surface area contributed by atoms with Gasteiger partial charge in [0.25, 0.3) is 0 Å². The van der Waals surface area contributed by atoms with Crippen LogP contribution in [0, 0.1) is 0 Å². The molecule has 0 saturated heterocycles. The summed E-state index contributed by atoms with van der Waals surface area (Å²) in [6, 6.07) is 88.5. The highest BCUT2D eigenvalue weighted by Gasteiger charge is 2.55. The smallest absolute Gasteiger partial charge is 0.160 e. The van der Waals surface area contributed by atoms with Crippen molar-refractivity contribution in [2.75, 3.05) is 14.7 Å². The fourth-order valence-electron chi connectivity index (χ4n) is 14.3. The second-order valence-corrected chi connectivity index (χ2v) is 28.6. The topological polar surface area (TPSA) is 36.0 Å². The number of hydrogen-bond acceptors (Lipinski definition) is 5. The molecule has 434 valence electrons. The molecule has 5 nitrogen and oxygen atoms in total. The number of benzene rings is 11. The molecule has 15 rings (SSSR count). The number of rotatable bonds is 7. The summed E-state index contributed by atoms with van der Waals surface area (Å²) in [5.74, 6) is 0. The molecular weight excluding hydrogens is 1070 g/mol. The molecule has 0 fully saturated rings. The molecule has 0 saturated carbocycles. The highest BCUT2D eigenvalue weighted by atomic mass is 16.3. The van der Waals surface area contributed by atoms with Crippen molar-refractivity contribution in [1.82, 2.24) is 0 Å². The average molecular weight is 1150 g/mol. The van der Waals surface area contributed by atoms with E-state index in [-0.39, 0.29) is 21.7 Å². The maximum absolute atomic E-state index is 7.70. The number of nitrogens with zero attached hydrogens (tertiary/aromatic N) is 3. The molecule has 0 atom stereocenters. The van der Waals surface area contributed by atoms with Crippen molar-refractivity contribution in [3.8, 4) is 11.1 Å². The summed E-state index contributed by atoms with van der Waals surface area (Å²) in [7, 11) is 0. The average Bonchev–Trinajstić information content (AvgIpc) is 1.47. The van der Waals surface area contributed by atoms with Crippen molar-refractivity contribution in [3.05, 3.63) is 281 Å². The first-order chi connectivity index (χ1) is 42.2. The van der Waals surface area contributed by atoms with Crippen molar-refractivity contribution >= 4 is 95.1 Å². The van der Waals surface area contributed by atoms with Gasteiger partial charge in [-0.15, -0.1) is 0 Å². The van der Waals surface area contributed by atoms with Crippen LogP contribution in [-0.2, 0) is 27.1 Å². The molecule has 0 amide bonds. The van der Waals surface area contributed by atoms with Crippen LogP contribution in [0.5, 0.6) is 0 Å². The molecule has 2 aromatic heterocycles. The van der Waals surface area contributed by atoms with Crippen molar-refractivity contribution in [3.63, 3.8) is 0 Å². The van der Waals surface area contributed by atoms with Crippen LogP contribution in [-0.4, -0.2) is 0 Å². The zero-order valence-corrected chi connectivity index (χ0v) is 52.7. The lowest BCUT2D eigenvalue weighted by Gasteiger charge is -2.45. The van der Waals surface area contributed by atoms with E-state index in [1.807, 2.05) is 0 Å². The molecule has 0 bridgehead atoms. The Hall–Kier alpha value is -9.58. The van der Waals surface area contributed by atoms with Crippen LogP contribution in [0.2, 0.25) is 0 Å². The lowest BCUT2D eigenvalue weighted by Crippen LogP contribution is -2.36. The molecule has 2 aliphatic rings. The number of hydrogen-bond donors (Lipinski definition) is 0. The van der Waals surface area contributed by atoms with E-state index in [1.165, 1.54) is 33.4 Å². The van der Waals surface area contributed by atoms with E-state index in [9.17, 15) is 0 Å². The fourth-order valence-corrected chi connectivity index (χ4v) is 14.3.